The van der Waals surface area contributed by atoms with Crippen molar-refractivity contribution in [1.82, 2.24) is 5.32 Å². The van der Waals surface area contributed by atoms with Gasteiger partial charge in [0.2, 0.25) is 0 Å². The van der Waals surface area contributed by atoms with E-state index in [0.29, 0.717) is 18.1 Å². The Morgan fingerprint density at radius 2 is 2.30 bits per heavy atom. The quantitative estimate of drug-likeness (QED) is 0.837. The molecule has 1 aromatic rings. The average Bonchev–Trinajstić information content (AvgIpc) is 2.85. The van der Waals surface area contributed by atoms with Gasteiger partial charge in [0.15, 0.2) is 0 Å². The summed E-state index contributed by atoms with van der Waals surface area (Å²) in [7, 11) is 0. The van der Waals surface area contributed by atoms with Gasteiger partial charge in [0.05, 0.1) is 5.69 Å². The number of nitrogens with zero attached hydrogens (tertiary/aromatic N) is 1. The van der Waals surface area contributed by atoms with Crippen molar-refractivity contribution in [3.8, 4) is 0 Å². The van der Waals surface area contributed by atoms with E-state index in [1.165, 1.54) is 12.8 Å². The van der Waals surface area contributed by atoms with Crippen LogP contribution in [-0.4, -0.2) is 18.2 Å². The highest BCUT2D eigenvalue weighted by Crippen LogP contribution is 2.29. The van der Waals surface area contributed by atoms with Crippen LogP contribution in [0, 0.1) is 5.92 Å². The molecule has 0 aliphatic carbocycles. The molecule has 0 fully saturated rings. The zero-order valence-corrected chi connectivity index (χ0v) is 13.7. The number of rotatable bonds is 6. The Bertz CT molecular complexity index is 525. The van der Waals surface area contributed by atoms with Crippen LogP contribution in [0.4, 0.5) is 5.69 Å². The number of unbranched alkanes of at least 4 members (excludes halogenated alkanes) is 1. The van der Waals surface area contributed by atoms with Crippen LogP contribution in [0.5, 0.6) is 0 Å². The van der Waals surface area contributed by atoms with Gasteiger partial charge in [-0.15, -0.1) is 0 Å². The standard InChI is InChI=1S/C16H21BrN2O/c1-3-4-5-11(2)10-18-16(20)15-8-12-6-7-13(17)9-14(12)19-15/h6-7,9,11H,3-5,8,10H2,1-2H3,(H,18,20)/t11-/m0/s1. The maximum absolute atomic E-state index is 12.1. The molecule has 0 spiro atoms. The number of aliphatic imine (C=N–C) groups is 1. The molecule has 0 saturated carbocycles. The molecule has 1 aromatic carbocycles. The van der Waals surface area contributed by atoms with Gasteiger partial charge in [-0.05, 0) is 30.0 Å². The Balaban J connectivity index is 1.87. The summed E-state index contributed by atoms with van der Waals surface area (Å²) >= 11 is 3.43. The van der Waals surface area contributed by atoms with E-state index in [9.17, 15) is 4.79 Å². The third-order valence-electron chi connectivity index (χ3n) is 3.58. The fourth-order valence-electron chi connectivity index (χ4n) is 2.31. The topological polar surface area (TPSA) is 41.5 Å². The molecule has 20 heavy (non-hydrogen) atoms. The Morgan fingerprint density at radius 3 is 3.05 bits per heavy atom. The highest BCUT2D eigenvalue weighted by molar-refractivity contribution is 9.10. The van der Waals surface area contributed by atoms with Gasteiger partial charge in [0.1, 0.15) is 5.71 Å². The molecule has 1 atom stereocenters. The lowest BCUT2D eigenvalue weighted by Crippen LogP contribution is -2.34. The molecule has 1 N–H and O–H groups in total. The molecular formula is C16H21BrN2O. The monoisotopic (exact) mass is 336 g/mol. The average molecular weight is 337 g/mol. The third kappa shape index (κ3) is 3.92. The van der Waals surface area contributed by atoms with Gasteiger partial charge in [0.25, 0.3) is 5.91 Å². The molecular weight excluding hydrogens is 316 g/mol. The smallest absolute Gasteiger partial charge is 0.266 e. The minimum absolute atomic E-state index is 0.0272. The number of hydrogen-bond acceptors (Lipinski definition) is 2. The van der Waals surface area contributed by atoms with Crippen molar-refractivity contribution >= 4 is 33.2 Å². The van der Waals surface area contributed by atoms with E-state index in [1.807, 2.05) is 18.2 Å². The lowest BCUT2D eigenvalue weighted by atomic mass is 10.0. The van der Waals surface area contributed by atoms with Crippen molar-refractivity contribution in [3.63, 3.8) is 0 Å². The van der Waals surface area contributed by atoms with Gasteiger partial charge >= 0.3 is 0 Å². The van der Waals surface area contributed by atoms with Gasteiger partial charge in [-0.25, -0.2) is 4.99 Å². The predicted octanol–water partition coefficient (Wildman–Crippen LogP) is 4.02. The van der Waals surface area contributed by atoms with Crippen molar-refractivity contribution in [2.75, 3.05) is 6.54 Å². The molecule has 2 rings (SSSR count). The number of amides is 1. The van der Waals surface area contributed by atoms with Crippen molar-refractivity contribution in [3.05, 3.63) is 28.2 Å². The van der Waals surface area contributed by atoms with E-state index in [0.717, 1.165) is 28.7 Å². The first-order valence-corrected chi connectivity index (χ1v) is 8.03. The van der Waals surface area contributed by atoms with Crippen LogP contribution in [0.2, 0.25) is 0 Å². The van der Waals surface area contributed by atoms with Crippen LogP contribution in [0.25, 0.3) is 0 Å². The lowest BCUT2D eigenvalue weighted by molar-refractivity contribution is -0.115. The van der Waals surface area contributed by atoms with E-state index in [-0.39, 0.29) is 5.91 Å². The van der Waals surface area contributed by atoms with Gasteiger partial charge in [-0.1, -0.05) is 48.7 Å². The Labute approximate surface area is 129 Å². The van der Waals surface area contributed by atoms with Crippen LogP contribution < -0.4 is 5.32 Å². The number of fused-ring (bicyclic) bond motifs is 1. The first-order chi connectivity index (χ1) is 9.60. The van der Waals surface area contributed by atoms with Crippen LogP contribution in [0.3, 0.4) is 0 Å². The van der Waals surface area contributed by atoms with Crippen LogP contribution in [-0.2, 0) is 11.2 Å². The normalized spacial score (nSPS) is 14.7. The summed E-state index contributed by atoms with van der Waals surface area (Å²) in [6.45, 7) is 5.10. The molecule has 108 valence electrons. The second-order valence-electron chi connectivity index (χ2n) is 5.47. The van der Waals surface area contributed by atoms with Gasteiger partial charge < -0.3 is 5.32 Å². The largest absolute Gasteiger partial charge is 0.351 e. The molecule has 1 aliphatic rings. The molecule has 0 saturated heterocycles. The molecule has 0 radical (unpaired) electrons. The number of hydrogen-bond donors (Lipinski definition) is 1. The Morgan fingerprint density at radius 1 is 1.50 bits per heavy atom. The zero-order valence-electron chi connectivity index (χ0n) is 12.1. The number of nitrogens with one attached hydrogen (secondary N) is 1. The fourth-order valence-corrected chi connectivity index (χ4v) is 2.66. The maximum Gasteiger partial charge on any atom is 0.266 e. The van der Waals surface area contributed by atoms with Crippen molar-refractivity contribution < 1.29 is 4.79 Å². The van der Waals surface area contributed by atoms with Crippen molar-refractivity contribution in [1.29, 1.82) is 0 Å². The SMILES string of the molecule is CCCC[C@H](C)CNC(=O)C1=Nc2cc(Br)ccc2C1. The van der Waals surface area contributed by atoms with Crippen LogP contribution in [0.15, 0.2) is 27.7 Å². The van der Waals surface area contributed by atoms with E-state index >= 15 is 0 Å². The summed E-state index contributed by atoms with van der Waals surface area (Å²) in [5, 5.41) is 3.00. The summed E-state index contributed by atoms with van der Waals surface area (Å²) < 4.78 is 0.995. The fraction of sp³-hybridized carbons (Fsp3) is 0.500. The number of benzene rings is 1. The van der Waals surface area contributed by atoms with Gasteiger partial charge in [-0.3, -0.25) is 4.79 Å². The second-order valence-corrected chi connectivity index (χ2v) is 6.38. The van der Waals surface area contributed by atoms with Crippen LogP contribution in [0.1, 0.15) is 38.7 Å². The van der Waals surface area contributed by atoms with Crippen molar-refractivity contribution in [2.45, 2.75) is 39.5 Å². The second kappa shape index (κ2) is 7.02. The van der Waals surface area contributed by atoms with Crippen LogP contribution >= 0.6 is 15.9 Å². The van der Waals surface area contributed by atoms with E-state index in [2.05, 4.69) is 40.1 Å². The summed E-state index contributed by atoms with van der Waals surface area (Å²) in [4.78, 5) is 16.6. The summed E-state index contributed by atoms with van der Waals surface area (Å²) in [6, 6.07) is 5.97. The summed E-state index contributed by atoms with van der Waals surface area (Å²) in [6.07, 6.45) is 4.22. The number of halogens is 1. The predicted molar refractivity (Wildman–Crippen MR) is 86.6 cm³/mol. The van der Waals surface area contributed by atoms with Gasteiger partial charge in [-0.2, -0.15) is 0 Å². The summed E-state index contributed by atoms with van der Waals surface area (Å²) in [5.41, 5.74) is 2.65. The van der Waals surface area contributed by atoms with E-state index in [1.54, 1.807) is 0 Å². The molecule has 3 nitrogen and oxygen atoms in total. The Hall–Kier alpha value is -1.16. The lowest BCUT2D eigenvalue weighted by Gasteiger charge is -2.11. The molecule has 1 heterocycles. The molecule has 0 unspecified atom stereocenters. The minimum Gasteiger partial charge on any atom is -0.351 e. The highest BCUT2D eigenvalue weighted by Gasteiger charge is 2.20. The Kier molecular flexibility index (Phi) is 5.35. The highest BCUT2D eigenvalue weighted by atomic mass is 79.9. The van der Waals surface area contributed by atoms with E-state index < -0.39 is 0 Å². The molecule has 0 bridgehead atoms. The molecule has 1 aliphatic heterocycles. The van der Waals surface area contributed by atoms with Gasteiger partial charge in [0, 0.05) is 17.4 Å². The van der Waals surface area contributed by atoms with E-state index in [4.69, 9.17) is 0 Å². The molecule has 4 heteroatoms. The maximum atomic E-state index is 12.1. The number of carbonyl (C=O) groups is 1. The number of carbonyl (C=O) groups excluding carboxylic acids is 1. The summed E-state index contributed by atoms with van der Waals surface area (Å²) in [5.74, 6) is 0.498. The third-order valence-corrected chi connectivity index (χ3v) is 4.08. The molecule has 0 aromatic heterocycles. The minimum atomic E-state index is -0.0272. The first-order valence-electron chi connectivity index (χ1n) is 7.24. The molecule has 1 amide bonds. The first kappa shape index (κ1) is 15.2. The zero-order chi connectivity index (χ0) is 14.5. The van der Waals surface area contributed by atoms with Crippen molar-refractivity contribution in [2.24, 2.45) is 10.9 Å².